The van der Waals surface area contributed by atoms with Gasteiger partial charge in [0.2, 0.25) is 5.95 Å². The van der Waals surface area contributed by atoms with E-state index in [1.54, 1.807) is 0 Å². The van der Waals surface area contributed by atoms with Gasteiger partial charge in [-0.05, 0) is 23.6 Å². The predicted molar refractivity (Wildman–Crippen MR) is 87.3 cm³/mol. The third-order valence-corrected chi connectivity index (χ3v) is 3.73. The van der Waals surface area contributed by atoms with Crippen molar-refractivity contribution in [3.05, 3.63) is 46.3 Å². The van der Waals surface area contributed by atoms with Crippen molar-refractivity contribution in [1.82, 2.24) is 9.97 Å². The Morgan fingerprint density at radius 2 is 1.83 bits per heavy atom. The van der Waals surface area contributed by atoms with Gasteiger partial charge in [-0.2, -0.15) is 0 Å². The zero-order chi connectivity index (χ0) is 17.1. The van der Waals surface area contributed by atoms with E-state index in [-0.39, 0.29) is 17.6 Å². The number of nitrogens with one attached hydrogen (secondary N) is 1. The Kier molecular flexibility index (Phi) is 4.45. The molecule has 1 atom stereocenters. The molecular weight excluding hydrogens is 312 g/mol. The Balaban J connectivity index is 1.83. The number of fused-ring (bicyclic) bond motifs is 1. The number of rotatable bonds is 5. The molecule has 0 bridgehead atoms. The summed E-state index contributed by atoms with van der Waals surface area (Å²) in [6.07, 6.45) is 2.38. The van der Waals surface area contributed by atoms with Gasteiger partial charge in [0.25, 0.3) is 0 Å². The van der Waals surface area contributed by atoms with Crippen molar-refractivity contribution in [3.63, 3.8) is 0 Å². The minimum Gasteiger partial charge on any atom is -0.486 e. The van der Waals surface area contributed by atoms with E-state index in [0.717, 1.165) is 17.1 Å². The lowest BCUT2D eigenvalue weighted by Crippen LogP contribution is -2.20. The van der Waals surface area contributed by atoms with Gasteiger partial charge in [0, 0.05) is 0 Å². The highest BCUT2D eigenvalue weighted by molar-refractivity contribution is 5.46. The minimum atomic E-state index is -0.523. The summed E-state index contributed by atoms with van der Waals surface area (Å²) < 4.78 is 11.2. The van der Waals surface area contributed by atoms with E-state index in [1.807, 2.05) is 18.2 Å². The molecule has 126 valence electrons. The molecule has 0 fully saturated rings. The second-order valence-corrected chi connectivity index (χ2v) is 5.79. The molecule has 1 aromatic heterocycles. The number of ether oxygens (including phenoxy) is 2. The van der Waals surface area contributed by atoms with Gasteiger partial charge < -0.3 is 14.8 Å². The molecule has 0 amide bonds. The number of nitrogens with zero attached hydrogens (tertiary/aromatic N) is 3. The molecular formula is C16H18N4O4. The predicted octanol–water partition coefficient (Wildman–Crippen LogP) is 2.97. The maximum Gasteiger partial charge on any atom is 0.305 e. The number of benzene rings is 1. The van der Waals surface area contributed by atoms with Crippen LogP contribution in [-0.2, 0) is 0 Å². The molecule has 0 spiro atoms. The third-order valence-electron chi connectivity index (χ3n) is 3.73. The number of hydrogen-bond acceptors (Lipinski definition) is 7. The van der Waals surface area contributed by atoms with E-state index >= 15 is 0 Å². The first-order valence-corrected chi connectivity index (χ1v) is 7.67. The summed E-state index contributed by atoms with van der Waals surface area (Å²) in [5, 5.41) is 13.9. The molecule has 0 saturated heterocycles. The Morgan fingerprint density at radius 3 is 2.46 bits per heavy atom. The number of aromatic nitrogens is 2. The summed E-state index contributed by atoms with van der Waals surface area (Å²) in [7, 11) is 0. The molecule has 8 heteroatoms. The average Bonchev–Trinajstić information content (AvgIpc) is 2.59. The standard InChI is InChI=1S/C16H18N4O4/c1-10(2)15(19-16-17-8-12(9-18-16)20(21)22)11-3-4-13-14(7-11)24-6-5-23-13/h3-4,7-10,15H,5-6H2,1-2H3,(H,17,18,19). The Morgan fingerprint density at radius 1 is 1.17 bits per heavy atom. The molecule has 0 saturated carbocycles. The summed E-state index contributed by atoms with van der Waals surface area (Å²) in [5.41, 5.74) is 0.872. The van der Waals surface area contributed by atoms with Crippen molar-refractivity contribution in [2.75, 3.05) is 18.5 Å². The first-order chi connectivity index (χ1) is 11.5. The molecule has 0 radical (unpaired) electrons. The largest absolute Gasteiger partial charge is 0.486 e. The lowest BCUT2D eigenvalue weighted by molar-refractivity contribution is -0.385. The average molecular weight is 330 g/mol. The van der Waals surface area contributed by atoms with Crippen LogP contribution in [-0.4, -0.2) is 28.1 Å². The van der Waals surface area contributed by atoms with E-state index in [1.165, 1.54) is 12.4 Å². The second kappa shape index (κ2) is 6.69. The first-order valence-electron chi connectivity index (χ1n) is 7.67. The quantitative estimate of drug-likeness (QED) is 0.664. The van der Waals surface area contributed by atoms with Crippen LogP contribution < -0.4 is 14.8 Å². The second-order valence-electron chi connectivity index (χ2n) is 5.79. The lowest BCUT2D eigenvalue weighted by Gasteiger charge is -2.25. The van der Waals surface area contributed by atoms with Gasteiger partial charge in [-0.3, -0.25) is 10.1 Å². The number of nitro groups is 1. The summed E-state index contributed by atoms with van der Waals surface area (Å²) >= 11 is 0. The van der Waals surface area contributed by atoms with Gasteiger partial charge in [-0.15, -0.1) is 0 Å². The zero-order valence-corrected chi connectivity index (χ0v) is 13.4. The van der Waals surface area contributed by atoms with Crippen molar-refractivity contribution in [2.45, 2.75) is 19.9 Å². The SMILES string of the molecule is CC(C)C(Nc1ncc([N+](=O)[O-])cn1)c1ccc2c(c1)OCCO2. The van der Waals surface area contributed by atoms with Crippen molar-refractivity contribution < 1.29 is 14.4 Å². The summed E-state index contributed by atoms with van der Waals surface area (Å²) in [5.74, 6) is 2.04. The van der Waals surface area contributed by atoms with Gasteiger partial charge in [-0.1, -0.05) is 19.9 Å². The monoisotopic (exact) mass is 330 g/mol. The molecule has 8 nitrogen and oxygen atoms in total. The zero-order valence-electron chi connectivity index (χ0n) is 13.4. The smallest absolute Gasteiger partial charge is 0.305 e. The Labute approximate surface area is 139 Å². The molecule has 1 aliphatic rings. The number of hydrogen-bond donors (Lipinski definition) is 1. The molecule has 1 unspecified atom stereocenters. The van der Waals surface area contributed by atoms with E-state index in [2.05, 4.69) is 29.1 Å². The topological polar surface area (TPSA) is 99.4 Å². The van der Waals surface area contributed by atoms with Crippen LogP contribution in [0.2, 0.25) is 0 Å². The fourth-order valence-electron chi connectivity index (χ4n) is 2.52. The van der Waals surface area contributed by atoms with Crippen LogP contribution in [0.4, 0.5) is 11.6 Å². The van der Waals surface area contributed by atoms with E-state index in [4.69, 9.17) is 9.47 Å². The normalized spacial score (nSPS) is 14.3. The van der Waals surface area contributed by atoms with Crippen LogP contribution in [0, 0.1) is 16.0 Å². The van der Waals surface area contributed by atoms with Crippen molar-refractivity contribution >= 4 is 11.6 Å². The third kappa shape index (κ3) is 3.37. The highest BCUT2D eigenvalue weighted by atomic mass is 16.6. The van der Waals surface area contributed by atoms with Gasteiger partial charge in [-0.25, -0.2) is 9.97 Å². The Bertz CT molecular complexity index is 733. The van der Waals surface area contributed by atoms with Crippen LogP contribution in [0.25, 0.3) is 0 Å². The summed E-state index contributed by atoms with van der Waals surface area (Å²) in [4.78, 5) is 18.2. The van der Waals surface area contributed by atoms with E-state index in [0.29, 0.717) is 19.2 Å². The molecule has 3 rings (SSSR count). The summed E-state index contributed by atoms with van der Waals surface area (Å²) in [6.45, 7) is 5.22. The molecule has 1 aliphatic heterocycles. The van der Waals surface area contributed by atoms with Crippen molar-refractivity contribution in [3.8, 4) is 11.5 Å². The minimum absolute atomic E-state index is 0.0673. The fourth-order valence-corrected chi connectivity index (χ4v) is 2.52. The molecule has 1 aromatic carbocycles. The first kappa shape index (κ1) is 16.0. The van der Waals surface area contributed by atoms with Crippen LogP contribution in [0.1, 0.15) is 25.5 Å². The maximum absolute atomic E-state index is 10.7. The molecule has 24 heavy (non-hydrogen) atoms. The highest BCUT2D eigenvalue weighted by Crippen LogP contribution is 2.35. The number of anilines is 1. The van der Waals surface area contributed by atoms with Crippen LogP contribution >= 0.6 is 0 Å². The van der Waals surface area contributed by atoms with Crippen molar-refractivity contribution in [1.29, 1.82) is 0 Å². The lowest BCUT2D eigenvalue weighted by atomic mass is 9.95. The maximum atomic E-state index is 10.7. The van der Waals surface area contributed by atoms with Crippen LogP contribution in [0.3, 0.4) is 0 Å². The van der Waals surface area contributed by atoms with Gasteiger partial charge in [0.15, 0.2) is 11.5 Å². The van der Waals surface area contributed by atoms with Crippen LogP contribution in [0.5, 0.6) is 11.5 Å². The fraction of sp³-hybridized carbons (Fsp3) is 0.375. The van der Waals surface area contributed by atoms with Gasteiger partial charge in [0.1, 0.15) is 25.6 Å². The molecule has 2 heterocycles. The van der Waals surface area contributed by atoms with E-state index in [9.17, 15) is 10.1 Å². The van der Waals surface area contributed by atoms with Gasteiger partial charge in [0.05, 0.1) is 11.0 Å². The molecule has 0 aliphatic carbocycles. The molecule has 2 aromatic rings. The molecule has 1 N–H and O–H groups in total. The van der Waals surface area contributed by atoms with Crippen molar-refractivity contribution in [2.24, 2.45) is 5.92 Å². The van der Waals surface area contributed by atoms with Crippen LogP contribution in [0.15, 0.2) is 30.6 Å². The van der Waals surface area contributed by atoms with E-state index < -0.39 is 4.92 Å². The Hall–Kier alpha value is -2.90. The summed E-state index contributed by atoms with van der Waals surface area (Å²) in [6, 6.07) is 5.73. The highest BCUT2D eigenvalue weighted by Gasteiger charge is 2.21. The van der Waals surface area contributed by atoms with Gasteiger partial charge >= 0.3 is 5.69 Å².